The molecule has 0 amide bonds. The number of hydrogen-bond donors (Lipinski definition) is 1. The first kappa shape index (κ1) is 41.2. The normalized spacial score (nSPS) is 18.3. The second kappa shape index (κ2) is 17.7. The summed E-state index contributed by atoms with van der Waals surface area (Å²) in [4.78, 5) is 25.3. The summed E-state index contributed by atoms with van der Waals surface area (Å²) in [6, 6.07) is 21.2. The maximum Gasteiger partial charge on any atom is 0.416 e. The molecule has 0 radical (unpaired) electrons. The van der Waals surface area contributed by atoms with Crippen molar-refractivity contribution in [1.82, 2.24) is 5.32 Å². The Bertz CT molecular complexity index is 1970. The van der Waals surface area contributed by atoms with E-state index in [1.807, 2.05) is 31.2 Å². The maximum atomic E-state index is 13.5. The Balaban J connectivity index is 0.000000210. The van der Waals surface area contributed by atoms with Crippen molar-refractivity contribution < 1.29 is 51.2 Å². The van der Waals surface area contributed by atoms with Gasteiger partial charge in [0.25, 0.3) is 0 Å². The molecule has 4 aromatic carbocycles. The predicted molar refractivity (Wildman–Crippen MR) is 203 cm³/mol. The van der Waals surface area contributed by atoms with E-state index in [0.717, 1.165) is 35.4 Å². The number of carbonyl (C=O) groups excluding carboxylic acids is 2. The van der Waals surface area contributed by atoms with Gasteiger partial charge in [0, 0.05) is 36.2 Å². The van der Waals surface area contributed by atoms with Gasteiger partial charge in [0.05, 0.1) is 36.8 Å². The van der Waals surface area contributed by atoms with Crippen molar-refractivity contribution in [2.24, 2.45) is 5.92 Å². The van der Waals surface area contributed by atoms with Gasteiger partial charge in [-0.15, -0.1) is 12.4 Å². The van der Waals surface area contributed by atoms with Gasteiger partial charge in [0.1, 0.15) is 42.7 Å². The SMILES string of the molecule is CC(Cc1cccc(C(F)(F)F)c1)NCCOC(=O)c1ccccc1.COc1cc2c(cc1OC)C1C(=O)c3ccc4c(c3OC1CO2)CC(C(C)C)O4.Cl. The lowest BCUT2D eigenvalue weighted by atomic mass is 9.81. The molecule has 1 N–H and O–H groups in total. The van der Waals surface area contributed by atoms with Crippen LogP contribution in [0.25, 0.3) is 0 Å². The Morgan fingerprint density at radius 1 is 0.909 bits per heavy atom. The van der Waals surface area contributed by atoms with Crippen LogP contribution in [0.2, 0.25) is 0 Å². The van der Waals surface area contributed by atoms with Crippen molar-refractivity contribution in [1.29, 1.82) is 0 Å². The molecule has 3 aliphatic heterocycles. The number of alkyl halides is 3. The highest BCUT2D eigenvalue weighted by atomic mass is 35.5. The first-order chi connectivity index (χ1) is 25.9. The van der Waals surface area contributed by atoms with E-state index in [1.165, 1.54) is 6.07 Å². The van der Waals surface area contributed by atoms with Crippen LogP contribution in [0.15, 0.2) is 78.9 Å². The van der Waals surface area contributed by atoms with Crippen molar-refractivity contribution in [2.45, 2.75) is 64.0 Å². The van der Waals surface area contributed by atoms with E-state index in [1.54, 1.807) is 50.6 Å². The third-order valence-electron chi connectivity index (χ3n) is 9.72. The molecule has 3 aliphatic rings. The number of methoxy groups -OCH3 is 2. The van der Waals surface area contributed by atoms with Gasteiger partial charge in [-0.2, -0.15) is 13.2 Å². The summed E-state index contributed by atoms with van der Waals surface area (Å²) in [6.45, 7) is 7.08. The highest BCUT2D eigenvalue weighted by molar-refractivity contribution is 6.06. The lowest BCUT2D eigenvalue weighted by Crippen LogP contribution is -2.43. The molecule has 0 saturated carbocycles. The van der Waals surface area contributed by atoms with Crippen LogP contribution < -0.4 is 29.0 Å². The van der Waals surface area contributed by atoms with Crippen molar-refractivity contribution in [3.05, 3.63) is 112 Å². The summed E-state index contributed by atoms with van der Waals surface area (Å²) in [5, 5.41) is 3.14. The second-order valence-electron chi connectivity index (χ2n) is 13.8. The fraction of sp³-hybridized carbons (Fsp3) is 0.381. The van der Waals surface area contributed by atoms with Crippen LogP contribution in [0.4, 0.5) is 13.2 Å². The molecule has 4 unspecified atom stereocenters. The minimum atomic E-state index is -4.34. The maximum absolute atomic E-state index is 13.5. The quantitative estimate of drug-likeness (QED) is 0.126. The molecule has 0 spiro atoms. The van der Waals surface area contributed by atoms with Crippen LogP contribution in [0.3, 0.4) is 0 Å². The number of halogens is 4. The number of esters is 1. The van der Waals surface area contributed by atoms with E-state index in [-0.39, 0.29) is 43.0 Å². The summed E-state index contributed by atoms with van der Waals surface area (Å²) in [5.74, 6) is 2.84. The zero-order valence-corrected chi connectivity index (χ0v) is 32.1. The highest BCUT2D eigenvalue weighted by Crippen LogP contribution is 2.50. The fourth-order valence-corrected chi connectivity index (χ4v) is 6.87. The molecule has 0 fully saturated rings. The lowest BCUT2D eigenvalue weighted by Gasteiger charge is -2.37. The van der Waals surface area contributed by atoms with E-state index >= 15 is 0 Å². The zero-order valence-electron chi connectivity index (χ0n) is 31.2. The van der Waals surface area contributed by atoms with Gasteiger partial charge in [0.15, 0.2) is 17.3 Å². The molecular weight excluding hydrogens is 739 g/mol. The average molecular weight is 784 g/mol. The summed E-state index contributed by atoms with van der Waals surface area (Å²) in [5.41, 5.74) is 2.82. The number of rotatable bonds is 10. The predicted octanol–water partition coefficient (Wildman–Crippen LogP) is 8.29. The first-order valence-corrected chi connectivity index (χ1v) is 17.9. The summed E-state index contributed by atoms with van der Waals surface area (Å²) >= 11 is 0. The smallest absolute Gasteiger partial charge is 0.416 e. The first-order valence-electron chi connectivity index (χ1n) is 17.9. The Labute approximate surface area is 324 Å². The summed E-state index contributed by atoms with van der Waals surface area (Å²) in [7, 11) is 3.16. The molecule has 4 atom stereocenters. The molecule has 294 valence electrons. The van der Waals surface area contributed by atoms with Gasteiger partial charge in [-0.1, -0.05) is 50.2 Å². The Morgan fingerprint density at radius 3 is 2.33 bits per heavy atom. The topological polar surface area (TPSA) is 102 Å². The molecule has 7 rings (SSSR count). The van der Waals surface area contributed by atoms with Crippen LogP contribution in [-0.2, 0) is 23.8 Å². The van der Waals surface area contributed by atoms with Gasteiger partial charge >= 0.3 is 12.1 Å². The Morgan fingerprint density at radius 2 is 1.64 bits per heavy atom. The number of ketones is 1. The highest BCUT2D eigenvalue weighted by Gasteiger charge is 2.45. The summed E-state index contributed by atoms with van der Waals surface area (Å²) < 4.78 is 72.4. The zero-order chi connectivity index (χ0) is 38.6. The van der Waals surface area contributed by atoms with Crippen molar-refractivity contribution in [3.63, 3.8) is 0 Å². The van der Waals surface area contributed by atoms with E-state index in [4.69, 9.17) is 28.4 Å². The van der Waals surface area contributed by atoms with Gasteiger partial charge < -0.3 is 33.7 Å². The summed E-state index contributed by atoms with van der Waals surface area (Å²) in [6.07, 6.45) is -3.41. The Kier molecular flexibility index (Phi) is 13.3. The number of hydrogen-bond acceptors (Lipinski definition) is 9. The van der Waals surface area contributed by atoms with Crippen molar-refractivity contribution >= 4 is 24.2 Å². The van der Waals surface area contributed by atoms with Gasteiger partial charge in [0.2, 0.25) is 0 Å². The van der Waals surface area contributed by atoms with Gasteiger partial charge in [-0.05, 0) is 61.2 Å². The van der Waals surface area contributed by atoms with Crippen LogP contribution in [0.5, 0.6) is 28.7 Å². The van der Waals surface area contributed by atoms with Crippen molar-refractivity contribution in [3.8, 4) is 28.7 Å². The molecular formula is C42H45ClF3NO8. The fourth-order valence-electron chi connectivity index (χ4n) is 6.87. The molecule has 0 aliphatic carbocycles. The van der Waals surface area contributed by atoms with E-state index < -0.39 is 23.6 Å². The molecule has 3 heterocycles. The average Bonchev–Trinajstić information content (AvgIpc) is 3.62. The molecule has 0 bridgehead atoms. The van der Waals surface area contributed by atoms with E-state index in [2.05, 4.69) is 19.2 Å². The van der Waals surface area contributed by atoms with Crippen LogP contribution >= 0.6 is 12.4 Å². The number of nitrogens with one attached hydrogen (secondary N) is 1. The largest absolute Gasteiger partial charge is 0.493 e. The van der Waals surface area contributed by atoms with E-state index in [0.29, 0.717) is 65.2 Å². The number of carbonyl (C=O) groups is 2. The van der Waals surface area contributed by atoms with Crippen LogP contribution in [0.1, 0.15) is 69.7 Å². The number of ether oxygens (including phenoxy) is 6. The minimum absolute atomic E-state index is 0. The van der Waals surface area contributed by atoms with E-state index in [9.17, 15) is 22.8 Å². The minimum Gasteiger partial charge on any atom is -0.493 e. The molecule has 0 saturated heterocycles. The molecule has 55 heavy (non-hydrogen) atoms. The molecule has 9 nitrogen and oxygen atoms in total. The molecule has 4 aromatic rings. The van der Waals surface area contributed by atoms with Gasteiger partial charge in [-0.3, -0.25) is 4.79 Å². The number of benzene rings is 4. The van der Waals surface area contributed by atoms with Gasteiger partial charge in [-0.25, -0.2) is 4.79 Å². The Hall–Kier alpha value is -4.94. The molecule has 13 heteroatoms. The van der Waals surface area contributed by atoms with Crippen molar-refractivity contribution in [2.75, 3.05) is 34.0 Å². The van der Waals surface area contributed by atoms with Crippen LogP contribution in [0, 0.1) is 5.92 Å². The molecule has 0 aromatic heterocycles. The second-order valence-corrected chi connectivity index (χ2v) is 13.8. The third-order valence-corrected chi connectivity index (χ3v) is 9.72. The van der Waals surface area contributed by atoms with Crippen LogP contribution in [-0.4, -0.2) is 64.0 Å². The lowest BCUT2D eigenvalue weighted by molar-refractivity contribution is -0.137. The third kappa shape index (κ3) is 9.30. The number of fused-ring (bicyclic) bond motifs is 6. The number of Topliss-reactive ketones (excluding diaryl/α,β-unsaturated/α-hetero) is 1. The monoisotopic (exact) mass is 783 g/mol. The standard InChI is InChI=1S/C23H24O6.C19H20F3NO2.ClH/c1-11(2)16-8-14-15(28-16)6-5-12-22(24)21-13-7-18(25-3)19(26-4)9-17(13)27-10-20(21)29-23(12)14;1-14(12-15-6-5-9-17(13-15)19(20,21)22)23-10-11-25-18(24)16-7-3-2-4-8-16;/h5-7,9,11,16,20-21H,8,10H2,1-4H3;2-9,13-14,23H,10-12H2,1H3;1H.